The fraction of sp³-hybridized carbons (Fsp3) is 0.786. The van der Waals surface area contributed by atoms with E-state index in [0.29, 0.717) is 6.42 Å². The summed E-state index contributed by atoms with van der Waals surface area (Å²) in [5.74, 6) is -0.427. The first-order valence-electron chi connectivity index (χ1n) is 7.30. The predicted molar refractivity (Wildman–Crippen MR) is 73.9 cm³/mol. The molecule has 1 saturated heterocycles. The third-order valence-electron chi connectivity index (χ3n) is 4.25. The molecule has 2 N–H and O–H groups in total. The largest absolute Gasteiger partial charge is 0.352 e. The number of amides is 4. The van der Waals surface area contributed by atoms with E-state index in [1.807, 2.05) is 20.8 Å². The number of imide groups is 1. The van der Waals surface area contributed by atoms with Crippen molar-refractivity contribution in [3.63, 3.8) is 0 Å². The molecule has 2 fully saturated rings. The van der Waals surface area contributed by atoms with Gasteiger partial charge in [0.15, 0.2) is 0 Å². The van der Waals surface area contributed by atoms with Gasteiger partial charge in [0.25, 0.3) is 5.91 Å². The zero-order valence-electron chi connectivity index (χ0n) is 12.4. The van der Waals surface area contributed by atoms with Gasteiger partial charge in [-0.05, 0) is 32.6 Å². The zero-order valence-corrected chi connectivity index (χ0v) is 12.4. The average molecular weight is 281 g/mol. The molecule has 0 aromatic heterocycles. The van der Waals surface area contributed by atoms with Crippen LogP contribution in [0.5, 0.6) is 0 Å². The van der Waals surface area contributed by atoms with Gasteiger partial charge in [0, 0.05) is 6.04 Å². The van der Waals surface area contributed by atoms with Crippen molar-refractivity contribution in [3.05, 3.63) is 0 Å². The Morgan fingerprint density at radius 2 is 2.15 bits per heavy atom. The van der Waals surface area contributed by atoms with Gasteiger partial charge in [-0.1, -0.05) is 19.8 Å². The smallest absolute Gasteiger partial charge is 0.325 e. The highest BCUT2D eigenvalue weighted by Crippen LogP contribution is 2.38. The van der Waals surface area contributed by atoms with Crippen molar-refractivity contribution in [1.82, 2.24) is 15.5 Å². The SMILES string of the molecule is CC(C)NC(=O)CN1C(=O)N[C@]2(CCCC[C@@H]2C)C1=O. The third-order valence-corrected chi connectivity index (χ3v) is 4.25. The molecule has 1 spiro atoms. The minimum Gasteiger partial charge on any atom is -0.352 e. The Morgan fingerprint density at radius 1 is 1.45 bits per heavy atom. The van der Waals surface area contributed by atoms with E-state index >= 15 is 0 Å². The van der Waals surface area contributed by atoms with Crippen LogP contribution < -0.4 is 10.6 Å². The van der Waals surface area contributed by atoms with Crippen LogP contribution in [-0.4, -0.2) is 40.9 Å². The van der Waals surface area contributed by atoms with Crippen LogP contribution in [0, 0.1) is 5.92 Å². The molecule has 2 atom stereocenters. The van der Waals surface area contributed by atoms with E-state index in [0.717, 1.165) is 24.2 Å². The van der Waals surface area contributed by atoms with Crippen molar-refractivity contribution < 1.29 is 14.4 Å². The number of nitrogens with one attached hydrogen (secondary N) is 2. The first-order chi connectivity index (χ1) is 9.36. The summed E-state index contributed by atoms with van der Waals surface area (Å²) < 4.78 is 0. The second kappa shape index (κ2) is 5.42. The Kier molecular flexibility index (Phi) is 4.01. The number of hydrogen-bond donors (Lipinski definition) is 2. The van der Waals surface area contributed by atoms with Crippen molar-refractivity contribution in [2.75, 3.05) is 6.54 Å². The van der Waals surface area contributed by atoms with Crippen LogP contribution in [0.4, 0.5) is 4.79 Å². The summed E-state index contributed by atoms with van der Waals surface area (Å²) in [4.78, 5) is 37.4. The van der Waals surface area contributed by atoms with E-state index < -0.39 is 11.6 Å². The van der Waals surface area contributed by atoms with Gasteiger partial charge < -0.3 is 10.6 Å². The number of hydrogen-bond acceptors (Lipinski definition) is 3. The lowest BCUT2D eigenvalue weighted by Gasteiger charge is -2.36. The Morgan fingerprint density at radius 3 is 2.75 bits per heavy atom. The second-order valence-electron chi connectivity index (χ2n) is 6.16. The quantitative estimate of drug-likeness (QED) is 0.758. The van der Waals surface area contributed by atoms with Crippen molar-refractivity contribution >= 4 is 17.8 Å². The molecule has 6 nitrogen and oxygen atoms in total. The van der Waals surface area contributed by atoms with Crippen LogP contribution in [0.1, 0.15) is 46.5 Å². The van der Waals surface area contributed by atoms with Gasteiger partial charge in [0.1, 0.15) is 12.1 Å². The lowest BCUT2D eigenvalue weighted by molar-refractivity contribution is -0.137. The van der Waals surface area contributed by atoms with Crippen LogP contribution in [-0.2, 0) is 9.59 Å². The van der Waals surface area contributed by atoms with E-state index in [1.165, 1.54) is 0 Å². The minimum absolute atomic E-state index is 0.00849. The molecule has 4 amide bonds. The highest BCUT2D eigenvalue weighted by molar-refractivity contribution is 6.09. The topological polar surface area (TPSA) is 78.5 Å². The highest BCUT2D eigenvalue weighted by Gasteiger charge is 2.55. The fourth-order valence-electron chi connectivity index (χ4n) is 3.15. The van der Waals surface area contributed by atoms with Crippen LogP contribution in [0.25, 0.3) is 0 Å². The molecule has 1 saturated carbocycles. The predicted octanol–water partition coefficient (Wildman–Crippen LogP) is 1.01. The first kappa shape index (κ1) is 14.8. The molecular weight excluding hydrogens is 258 g/mol. The van der Waals surface area contributed by atoms with Crippen molar-refractivity contribution in [2.24, 2.45) is 5.92 Å². The Hall–Kier alpha value is -1.59. The van der Waals surface area contributed by atoms with Crippen LogP contribution in [0.15, 0.2) is 0 Å². The summed E-state index contributed by atoms with van der Waals surface area (Å²) >= 11 is 0. The van der Waals surface area contributed by atoms with Gasteiger partial charge in [0.05, 0.1) is 0 Å². The first-order valence-corrected chi connectivity index (χ1v) is 7.30. The van der Waals surface area contributed by atoms with Crippen molar-refractivity contribution in [2.45, 2.75) is 58.0 Å². The van der Waals surface area contributed by atoms with Crippen molar-refractivity contribution in [3.8, 4) is 0 Å². The Labute approximate surface area is 119 Å². The molecule has 1 heterocycles. The molecule has 112 valence electrons. The maximum Gasteiger partial charge on any atom is 0.325 e. The third kappa shape index (κ3) is 2.51. The molecule has 20 heavy (non-hydrogen) atoms. The summed E-state index contributed by atoms with van der Waals surface area (Å²) in [5.41, 5.74) is -0.784. The maximum atomic E-state index is 12.6. The number of carbonyl (C=O) groups is 3. The van der Waals surface area contributed by atoms with E-state index in [4.69, 9.17) is 0 Å². The van der Waals surface area contributed by atoms with Gasteiger partial charge in [0.2, 0.25) is 5.91 Å². The molecule has 1 aliphatic heterocycles. The molecule has 0 unspecified atom stereocenters. The molecule has 6 heteroatoms. The molecule has 1 aliphatic carbocycles. The van der Waals surface area contributed by atoms with E-state index in [1.54, 1.807) is 0 Å². The lowest BCUT2D eigenvalue weighted by atomic mass is 9.73. The number of nitrogens with zero attached hydrogens (tertiary/aromatic N) is 1. The van der Waals surface area contributed by atoms with Gasteiger partial charge in [-0.25, -0.2) is 4.79 Å². The molecule has 0 aromatic carbocycles. The maximum absolute atomic E-state index is 12.6. The highest BCUT2D eigenvalue weighted by atomic mass is 16.2. The molecule has 0 bridgehead atoms. The number of carbonyl (C=O) groups excluding carboxylic acids is 3. The second-order valence-corrected chi connectivity index (χ2v) is 6.16. The molecular formula is C14H23N3O3. The number of urea groups is 1. The normalized spacial score (nSPS) is 30.0. The molecule has 0 aromatic rings. The Bertz CT molecular complexity index is 435. The summed E-state index contributed by atoms with van der Waals surface area (Å²) in [6.45, 7) is 5.48. The zero-order chi connectivity index (χ0) is 14.9. The lowest BCUT2D eigenvalue weighted by Crippen LogP contribution is -2.54. The summed E-state index contributed by atoms with van der Waals surface area (Å²) in [5, 5.41) is 5.54. The van der Waals surface area contributed by atoms with E-state index in [9.17, 15) is 14.4 Å². The monoisotopic (exact) mass is 281 g/mol. The fourth-order valence-corrected chi connectivity index (χ4v) is 3.15. The number of rotatable bonds is 3. The average Bonchev–Trinajstić information content (AvgIpc) is 2.58. The van der Waals surface area contributed by atoms with Crippen LogP contribution >= 0.6 is 0 Å². The molecule has 0 radical (unpaired) electrons. The van der Waals surface area contributed by atoms with Gasteiger partial charge in [-0.3, -0.25) is 14.5 Å². The molecule has 2 rings (SSSR count). The standard InChI is InChI=1S/C14H23N3O3/c1-9(2)15-11(18)8-17-12(19)14(16-13(17)20)7-5-4-6-10(14)3/h9-10H,4-8H2,1-3H3,(H,15,18)(H,16,20)/t10-,14-/m0/s1. The minimum atomic E-state index is -0.784. The summed E-state index contributed by atoms with van der Waals surface area (Å²) in [6, 6.07) is -0.450. The van der Waals surface area contributed by atoms with Gasteiger partial charge in [-0.15, -0.1) is 0 Å². The van der Waals surface area contributed by atoms with Crippen molar-refractivity contribution in [1.29, 1.82) is 0 Å². The van der Waals surface area contributed by atoms with Gasteiger partial charge >= 0.3 is 6.03 Å². The Balaban J connectivity index is 2.11. The summed E-state index contributed by atoms with van der Waals surface area (Å²) in [6.07, 6.45) is 3.61. The van der Waals surface area contributed by atoms with Crippen LogP contribution in [0.3, 0.4) is 0 Å². The summed E-state index contributed by atoms with van der Waals surface area (Å²) in [7, 11) is 0. The van der Waals surface area contributed by atoms with E-state index in [-0.39, 0.29) is 30.3 Å². The van der Waals surface area contributed by atoms with E-state index in [2.05, 4.69) is 10.6 Å². The van der Waals surface area contributed by atoms with Crippen LogP contribution in [0.2, 0.25) is 0 Å². The molecule has 2 aliphatic rings. The van der Waals surface area contributed by atoms with Gasteiger partial charge in [-0.2, -0.15) is 0 Å².